The second-order valence-corrected chi connectivity index (χ2v) is 9.01. The van der Waals surface area contributed by atoms with Crippen molar-refractivity contribution in [1.82, 2.24) is 9.29 Å². The number of aromatic nitrogens is 1. The maximum atomic E-state index is 12.0. The molecule has 3 rings (SSSR count). The van der Waals surface area contributed by atoms with Gasteiger partial charge in [0.15, 0.2) is 0 Å². The summed E-state index contributed by atoms with van der Waals surface area (Å²) in [7, 11) is -3.15. The monoisotopic (exact) mass is 375 g/mol. The van der Waals surface area contributed by atoms with Gasteiger partial charge in [0.25, 0.3) is 0 Å². The fourth-order valence-corrected chi connectivity index (χ4v) is 5.50. The van der Waals surface area contributed by atoms with Crippen LogP contribution in [0.2, 0.25) is 0 Å². The average molecular weight is 376 g/mol. The number of sulfonamides is 1. The van der Waals surface area contributed by atoms with Crippen molar-refractivity contribution >= 4 is 26.6 Å². The van der Waals surface area contributed by atoms with Gasteiger partial charge in [0, 0.05) is 36.8 Å². The number of hydrogen-bond acceptors (Lipinski definition) is 4. The van der Waals surface area contributed by atoms with Crippen LogP contribution in [0.25, 0.3) is 10.9 Å². The van der Waals surface area contributed by atoms with Crippen molar-refractivity contribution in [2.75, 3.05) is 30.8 Å². The van der Waals surface area contributed by atoms with E-state index in [4.69, 9.17) is 4.98 Å². The van der Waals surface area contributed by atoms with Gasteiger partial charge in [0.2, 0.25) is 10.0 Å². The zero-order valence-electron chi connectivity index (χ0n) is 16.2. The quantitative estimate of drug-likeness (QED) is 0.804. The van der Waals surface area contributed by atoms with E-state index in [9.17, 15) is 8.42 Å². The molecule has 1 fully saturated rings. The molecular weight excluding hydrogens is 346 g/mol. The summed E-state index contributed by atoms with van der Waals surface area (Å²) in [5.41, 5.74) is 4.72. The standard InChI is InChI=1S/C20H29N3O2S/c1-5-17-15(3)21-19-10-8-7-9-18(19)20(17)22-13-11-16(12-14-22)23(6-2)26(4,24)25/h7-10,16H,5-6,11-14H2,1-4H3. The van der Waals surface area contributed by atoms with E-state index in [1.165, 1.54) is 22.9 Å². The molecule has 0 amide bonds. The minimum Gasteiger partial charge on any atom is -0.371 e. The molecule has 0 atom stereocenters. The van der Waals surface area contributed by atoms with Gasteiger partial charge < -0.3 is 4.90 Å². The van der Waals surface area contributed by atoms with E-state index in [-0.39, 0.29) is 6.04 Å². The number of aryl methyl sites for hydroxylation is 1. The number of pyridine rings is 1. The minimum atomic E-state index is -3.15. The van der Waals surface area contributed by atoms with Gasteiger partial charge in [-0.25, -0.2) is 8.42 Å². The van der Waals surface area contributed by atoms with Gasteiger partial charge in [-0.05, 0) is 37.8 Å². The van der Waals surface area contributed by atoms with Crippen LogP contribution in [0.5, 0.6) is 0 Å². The Hall–Kier alpha value is -1.66. The van der Waals surface area contributed by atoms with Crippen LogP contribution < -0.4 is 4.90 Å². The summed E-state index contributed by atoms with van der Waals surface area (Å²) in [4.78, 5) is 7.21. The summed E-state index contributed by atoms with van der Waals surface area (Å²) < 4.78 is 25.7. The lowest BCUT2D eigenvalue weighted by Crippen LogP contribution is -2.47. The SMILES string of the molecule is CCc1c(C)nc2ccccc2c1N1CCC(N(CC)S(C)(=O)=O)CC1. The zero-order chi connectivity index (χ0) is 18.9. The molecule has 26 heavy (non-hydrogen) atoms. The molecule has 0 radical (unpaired) electrons. The highest BCUT2D eigenvalue weighted by atomic mass is 32.2. The maximum absolute atomic E-state index is 12.0. The van der Waals surface area contributed by atoms with E-state index < -0.39 is 10.0 Å². The van der Waals surface area contributed by atoms with Crippen LogP contribution in [0.3, 0.4) is 0 Å². The van der Waals surface area contributed by atoms with Gasteiger partial charge in [-0.2, -0.15) is 4.31 Å². The number of fused-ring (bicyclic) bond motifs is 1. The topological polar surface area (TPSA) is 53.5 Å². The Morgan fingerprint density at radius 3 is 2.42 bits per heavy atom. The molecule has 1 aromatic carbocycles. The smallest absolute Gasteiger partial charge is 0.211 e. The van der Waals surface area contributed by atoms with Gasteiger partial charge >= 0.3 is 0 Å². The predicted octanol–water partition coefficient (Wildman–Crippen LogP) is 3.36. The molecule has 2 aromatic rings. The van der Waals surface area contributed by atoms with Crippen molar-refractivity contribution in [2.24, 2.45) is 0 Å². The number of para-hydroxylation sites is 1. The van der Waals surface area contributed by atoms with Crippen molar-refractivity contribution in [3.63, 3.8) is 0 Å². The van der Waals surface area contributed by atoms with Crippen LogP contribution in [0.1, 0.15) is 37.9 Å². The summed E-state index contributed by atoms with van der Waals surface area (Å²) in [5, 5.41) is 1.20. The molecule has 1 aliphatic rings. The van der Waals surface area contributed by atoms with E-state index in [1.54, 1.807) is 4.31 Å². The summed E-state index contributed by atoms with van der Waals surface area (Å²) in [6.45, 7) is 8.47. The molecule has 0 spiro atoms. The Labute approximate surface area is 157 Å². The number of rotatable bonds is 5. The van der Waals surface area contributed by atoms with Crippen molar-refractivity contribution < 1.29 is 8.42 Å². The Kier molecular flexibility index (Phi) is 5.53. The third-order valence-electron chi connectivity index (χ3n) is 5.45. The Morgan fingerprint density at radius 1 is 1.19 bits per heavy atom. The van der Waals surface area contributed by atoms with Crippen molar-refractivity contribution in [3.05, 3.63) is 35.5 Å². The molecule has 142 valence electrons. The molecule has 5 nitrogen and oxygen atoms in total. The van der Waals surface area contributed by atoms with Crippen molar-refractivity contribution in [3.8, 4) is 0 Å². The summed E-state index contributed by atoms with van der Waals surface area (Å²) in [6.07, 6.45) is 3.99. The normalized spacial score (nSPS) is 16.6. The molecule has 0 saturated carbocycles. The molecular formula is C20H29N3O2S. The third kappa shape index (κ3) is 3.58. The van der Waals surface area contributed by atoms with Crippen LogP contribution in [-0.4, -0.2) is 49.6 Å². The first-order chi connectivity index (χ1) is 12.4. The minimum absolute atomic E-state index is 0.102. The lowest BCUT2D eigenvalue weighted by Gasteiger charge is -2.39. The van der Waals surface area contributed by atoms with E-state index in [0.717, 1.165) is 43.6 Å². The van der Waals surface area contributed by atoms with Gasteiger partial charge in [-0.3, -0.25) is 4.98 Å². The van der Waals surface area contributed by atoms with E-state index in [0.29, 0.717) is 6.54 Å². The molecule has 1 saturated heterocycles. The first-order valence-electron chi connectivity index (χ1n) is 9.46. The Bertz CT molecular complexity index is 887. The average Bonchev–Trinajstić information content (AvgIpc) is 2.60. The number of benzene rings is 1. The van der Waals surface area contributed by atoms with Crippen LogP contribution >= 0.6 is 0 Å². The first-order valence-corrected chi connectivity index (χ1v) is 11.3. The van der Waals surface area contributed by atoms with E-state index in [2.05, 4.69) is 36.9 Å². The van der Waals surface area contributed by atoms with Crippen molar-refractivity contribution in [2.45, 2.75) is 46.1 Å². The van der Waals surface area contributed by atoms with Gasteiger partial charge in [0.05, 0.1) is 17.5 Å². The molecule has 0 aliphatic carbocycles. The predicted molar refractivity (Wildman–Crippen MR) is 108 cm³/mol. The maximum Gasteiger partial charge on any atom is 0.211 e. The largest absolute Gasteiger partial charge is 0.371 e. The fraction of sp³-hybridized carbons (Fsp3) is 0.550. The Morgan fingerprint density at radius 2 is 1.85 bits per heavy atom. The third-order valence-corrected chi connectivity index (χ3v) is 6.86. The molecule has 6 heteroatoms. The number of piperidine rings is 1. The molecule has 2 heterocycles. The Balaban J connectivity index is 1.92. The van der Waals surface area contributed by atoms with Gasteiger partial charge in [-0.15, -0.1) is 0 Å². The summed E-state index contributed by atoms with van der Waals surface area (Å²) in [5.74, 6) is 0. The summed E-state index contributed by atoms with van der Waals surface area (Å²) >= 11 is 0. The molecule has 0 bridgehead atoms. The van der Waals surface area contributed by atoms with Crippen LogP contribution in [0.4, 0.5) is 5.69 Å². The first kappa shape index (κ1) is 19.1. The van der Waals surface area contributed by atoms with Crippen LogP contribution in [-0.2, 0) is 16.4 Å². The highest BCUT2D eigenvalue weighted by Crippen LogP contribution is 2.34. The van der Waals surface area contributed by atoms with Crippen LogP contribution in [0.15, 0.2) is 24.3 Å². The molecule has 1 aliphatic heterocycles. The van der Waals surface area contributed by atoms with E-state index in [1.807, 2.05) is 13.0 Å². The lowest BCUT2D eigenvalue weighted by atomic mass is 9.99. The number of hydrogen-bond donors (Lipinski definition) is 0. The van der Waals surface area contributed by atoms with Crippen molar-refractivity contribution in [1.29, 1.82) is 0 Å². The number of anilines is 1. The zero-order valence-corrected chi connectivity index (χ0v) is 17.0. The second kappa shape index (κ2) is 7.53. The lowest BCUT2D eigenvalue weighted by molar-refractivity contribution is 0.285. The van der Waals surface area contributed by atoms with Gasteiger partial charge in [-0.1, -0.05) is 32.0 Å². The second-order valence-electron chi connectivity index (χ2n) is 7.08. The van der Waals surface area contributed by atoms with Gasteiger partial charge in [0.1, 0.15) is 0 Å². The molecule has 1 aromatic heterocycles. The van der Waals surface area contributed by atoms with Crippen LogP contribution in [0, 0.1) is 6.92 Å². The molecule has 0 N–H and O–H groups in total. The number of nitrogens with zero attached hydrogens (tertiary/aromatic N) is 3. The summed E-state index contributed by atoms with van der Waals surface area (Å²) in [6, 6.07) is 8.42. The highest BCUT2D eigenvalue weighted by Gasteiger charge is 2.30. The van der Waals surface area contributed by atoms with E-state index >= 15 is 0 Å². The highest BCUT2D eigenvalue weighted by molar-refractivity contribution is 7.88. The molecule has 0 unspecified atom stereocenters. The fourth-order valence-electron chi connectivity index (χ4n) is 4.28.